The molecule has 0 N–H and O–H groups in total. The van der Waals surface area contributed by atoms with Crippen LogP contribution in [0.2, 0.25) is 0 Å². The molecule has 0 rings (SSSR count). The Morgan fingerprint density at radius 3 is 2.41 bits per heavy atom. The second kappa shape index (κ2) is 11.2. The molecule has 0 fully saturated rings. The van der Waals surface area contributed by atoms with Crippen LogP contribution < -0.4 is 0 Å². The van der Waals surface area contributed by atoms with Gasteiger partial charge in [-0.05, 0) is 19.8 Å². The lowest BCUT2D eigenvalue weighted by Crippen LogP contribution is -2.06. The summed E-state index contributed by atoms with van der Waals surface area (Å²) < 4.78 is 4.78. The Balaban J connectivity index is 3.73. The van der Waals surface area contributed by atoms with Crippen molar-refractivity contribution in [2.75, 3.05) is 6.61 Å². The van der Waals surface area contributed by atoms with Crippen molar-refractivity contribution in [1.82, 2.24) is 0 Å². The first kappa shape index (κ1) is 15.7. The molecule has 0 spiro atoms. The summed E-state index contributed by atoms with van der Waals surface area (Å²) in [6.07, 6.45) is 9.74. The molecule has 3 heteroatoms. The van der Waals surface area contributed by atoms with Crippen molar-refractivity contribution in [1.29, 1.82) is 5.26 Å². The van der Waals surface area contributed by atoms with Crippen molar-refractivity contribution in [2.24, 2.45) is 0 Å². The van der Waals surface area contributed by atoms with Crippen LogP contribution in [0.1, 0.15) is 58.8 Å². The van der Waals surface area contributed by atoms with E-state index in [1.807, 2.05) is 6.07 Å². The van der Waals surface area contributed by atoms with Gasteiger partial charge in [0.2, 0.25) is 0 Å². The van der Waals surface area contributed by atoms with Crippen molar-refractivity contribution >= 4 is 5.97 Å². The first-order chi connectivity index (χ1) is 8.26. The number of carbonyl (C=O) groups excluding carboxylic acids is 1. The van der Waals surface area contributed by atoms with Crippen LogP contribution in [0, 0.1) is 11.3 Å². The minimum atomic E-state index is -0.499. The maximum absolute atomic E-state index is 11.3. The predicted octanol–water partition coefficient (Wildman–Crippen LogP) is 3.75. The van der Waals surface area contributed by atoms with Crippen LogP contribution in [0.3, 0.4) is 0 Å². The van der Waals surface area contributed by atoms with E-state index >= 15 is 0 Å². The number of unbranched alkanes of at least 4 members (excludes halogenated alkanes) is 6. The van der Waals surface area contributed by atoms with E-state index in [1.165, 1.54) is 25.7 Å². The fourth-order valence-electron chi connectivity index (χ4n) is 1.55. The van der Waals surface area contributed by atoms with E-state index in [-0.39, 0.29) is 5.57 Å². The summed E-state index contributed by atoms with van der Waals surface area (Å²) in [5.74, 6) is -0.499. The molecule has 0 heterocycles. The van der Waals surface area contributed by atoms with Gasteiger partial charge in [-0.15, -0.1) is 0 Å². The van der Waals surface area contributed by atoms with E-state index in [0.717, 1.165) is 19.3 Å². The van der Waals surface area contributed by atoms with Gasteiger partial charge in [0.15, 0.2) is 0 Å². The first-order valence-electron chi connectivity index (χ1n) is 6.53. The molecule has 0 unspecified atom stereocenters. The van der Waals surface area contributed by atoms with Gasteiger partial charge >= 0.3 is 5.97 Å². The van der Waals surface area contributed by atoms with Gasteiger partial charge in [-0.25, -0.2) is 4.79 Å². The monoisotopic (exact) mass is 237 g/mol. The summed E-state index contributed by atoms with van der Waals surface area (Å²) in [7, 11) is 0. The van der Waals surface area contributed by atoms with Crippen molar-refractivity contribution in [3.05, 3.63) is 11.6 Å². The zero-order chi connectivity index (χ0) is 12.9. The number of ether oxygens (including phenoxy) is 1. The molecule has 0 radical (unpaired) electrons. The Kier molecular flexibility index (Phi) is 10.3. The Morgan fingerprint density at radius 2 is 1.82 bits per heavy atom. The maximum atomic E-state index is 11.3. The van der Waals surface area contributed by atoms with Crippen LogP contribution in [-0.4, -0.2) is 12.6 Å². The number of esters is 1. The SMILES string of the molecule is CCCCCCCCC=C(C#N)C(=O)OCC. The van der Waals surface area contributed by atoms with Crippen molar-refractivity contribution in [3.8, 4) is 6.07 Å². The quantitative estimate of drug-likeness (QED) is 0.265. The second-order valence-corrected chi connectivity index (χ2v) is 4.01. The zero-order valence-corrected chi connectivity index (χ0v) is 11.0. The molecular formula is C14H23NO2. The van der Waals surface area contributed by atoms with E-state index in [4.69, 9.17) is 10.00 Å². The fraction of sp³-hybridized carbons (Fsp3) is 0.714. The van der Waals surface area contributed by atoms with Gasteiger partial charge in [-0.2, -0.15) is 5.26 Å². The van der Waals surface area contributed by atoms with E-state index in [1.54, 1.807) is 13.0 Å². The highest BCUT2D eigenvalue weighted by Gasteiger charge is 2.08. The average Bonchev–Trinajstić information content (AvgIpc) is 2.33. The smallest absolute Gasteiger partial charge is 0.348 e. The molecule has 0 saturated carbocycles. The minimum Gasteiger partial charge on any atom is -0.462 e. The average molecular weight is 237 g/mol. The lowest BCUT2D eigenvalue weighted by molar-refractivity contribution is -0.138. The molecule has 0 aliphatic heterocycles. The lowest BCUT2D eigenvalue weighted by atomic mass is 10.1. The van der Waals surface area contributed by atoms with Crippen molar-refractivity contribution < 1.29 is 9.53 Å². The van der Waals surface area contributed by atoms with Crippen LogP contribution in [-0.2, 0) is 9.53 Å². The van der Waals surface area contributed by atoms with Gasteiger partial charge < -0.3 is 4.74 Å². The number of carbonyl (C=O) groups is 1. The molecule has 0 saturated heterocycles. The lowest BCUT2D eigenvalue weighted by Gasteiger charge is -2.00. The van der Waals surface area contributed by atoms with Crippen LogP contribution in [0.5, 0.6) is 0 Å². The normalized spacial score (nSPS) is 11.0. The van der Waals surface area contributed by atoms with Crippen LogP contribution in [0.25, 0.3) is 0 Å². The molecular weight excluding hydrogens is 214 g/mol. The largest absolute Gasteiger partial charge is 0.462 e. The summed E-state index contributed by atoms with van der Waals surface area (Å²) in [6.45, 7) is 4.25. The summed E-state index contributed by atoms with van der Waals surface area (Å²) in [5, 5.41) is 8.78. The molecule has 17 heavy (non-hydrogen) atoms. The third-order valence-electron chi connectivity index (χ3n) is 2.52. The van der Waals surface area contributed by atoms with Gasteiger partial charge in [-0.3, -0.25) is 0 Å². The van der Waals surface area contributed by atoms with Gasteiger partial charge in [0.05, 0.1) is 6.61 Å². The zero-order valence-electron chi connectivity index (χ0n) is 11.0. The summed E-state index contributed by atoms with van der Waals surface area (Å²) in [6, 6.07) is 1.88. The number of rotatable bonds is 9. The fourth-order valence-corrected chi connectivity index (χ4v) is 1.55. The standard InChI is InChI=1S/C14H23NO2/c1-3-5-6-7-8-9-10-11-13(12-15)14(16)17-4-2/h11H,3-10H2,1-2H3. The molecule has 0 amide bonds. The molecule has 0 aliphatic rings. The van der Waals surface area contributed by atoms with E-state index < -0.39 is 5.97 Å². The highest BCUT2D eigenvalue weighted by Crippen LogP contribution is 2.08. The van der Waals surface area contributed by atoms with Gasteiger partial charge in [0.25, 0.3) is 0 Å². The Hall–Kier alpha value is -1.30. The van der Waals surface area contributed by atoms with Crippen molar-refractivity contribution in [3.63, 3.8) is 0 Å². The number of nitriles is 1. The minimum absolute atomic E-state index is 0.139. The number of nitrogens with zero attached hydrogens (tertiary/aromatic N) is 1. The third-order valence-corrected chi connectivity index (χ3v) is 2.52. The Morgan fingerprint density at radius 1 is 1.18 bits per heavy atom. The Bertz CT molecular complexity index is 276. The van der Waals surface area contributed by atoms with Crippen LogP contribution >= 0.6 is 0 Å². The van der Waals surface area contributed by atoms with E-state index in [9.17, 15) is 4.79 Å². The molecule has 0 aromatic carbocycles. The third kappa shape index (κ3) is 8.50. The molecule has 3 nitrogen and oxygen atoms in total. The maximum Gasteiger partial charge on any atom is 0.348 e. The Labute approximate surface area is 104 Å². The van der Waals surface area contributed by atoms with E-state index in [2.05, 4.69) is 6.92 Å². The molecule has 0 atom stereocenters. The highest BCUT2D eigenvalue weighted by molar-refractivity contribution is 5.92. The number of hydrogen-bond donors (Lipinski definition) is 0. The predicted molar refractivity (Wildman–Crippen MR) is 68.3 cm³/mol. The van der Waals surface area contributed by atoms with Crippen molar-refractivity contribution in [2.45, 2.75) is 58.8 Å². The molecule has 0 aromatic heterocycles. The number of allylic oxidation sites excluding steroid dienone is 1. The van der Waals surface area contributed by atoms with Crippen LogP contribution in [0.15, 0.2) is 11.6 Å². The summed E-state index contributed by atoms with van der Waals surface area (Å²) in [4.78, 5) is 11.3. The van der Waals surface area contributed by atoms with Gasteiger partial charge in [0, 0.05) is 0 Å². The topological polar surface area (TPSA) is 50.1 Å². The second-order valence-electron chi connectivity index (χ2n) is 4.01. The molecule has 0 aliphatic carbocycles. The molecule has 0 bridgehead atoms. The van der Waals surface area contributed by atoms with Gasteiger partial charge in [0.1, 0.15) is 11.6 Å². The van der Waals surface area contributed by atoms with Gasteiger partial charge in [-0.1, -0.05) is 45.1 Å². The van der Waals surface area contributed by atoms with Crippen LogP contribution in [0.4, 0.5) is 0 Å². The summed E-state index contributed by atoms with van der Waals surface area (Å²) in [5.41, 5.74) is 0.139. The van der Waals surface area contributed by atoms with E-state index in [0.29, 0.717) is 6.61 Å². The summed E-state index contributed by atoms with van der Waals surface area (Å²) >= 11 is 0. The number of hydrogen-bond acceptors (Lipinski definition) is 3. The first-order valence-corrected chi connectivity index (χ1v) is 6.53. The molecule has 0 aromatic rings. The molecule has 96 valence electrons. The highest BCUT2D eigenvalue weighted by atomic mass is 16.5.